The van der Waals surface area contributed by atoms with Gasteiger partial charge < -0.3 is 9.80 Å². The van der Waals surface area contributed by atoms with Crippen LogP contribution in [0.5, 0.6) is 0 Å². The Morgan fingerprint density at radius 2 is 1.39 bits per heavy atom. The van der Waals surface area contributed by atoms with Crippen LogP contribution in [0.15, 0.2) is 193 Å². The first-order valence-corrected chi connectivity index (χ1v) is 21.0. The van der Waals surface area contributed by atoms with E-state index in [1.807, 2.05) is 0 Å². The zero-order valence-corrected chi connectivity index (χ0v) is 32.0. The Balaban J connectivity index is 0.849. The van der Waals surface area contributed by atoms with Crippen molar-refractivity contribution in [3.63, 3.8) is 0 Å². The maximum absolute atomic E-state index is 2.66. The molecule has 2 aliphatic heterocycles. The third-order valence-corrected chi connectivity index (χ3v) is 13.6. The number of fused-ring (bicyclic) bond motifs is 6. The summed E-state index contributed by atoms with van der Waals surface area (Å²) in [4.78, 5) is 5.12. The van der Waals surface area contributed by atoms with Crippen LogP contribution in [0.1, 0.15) is 73.5 Å². The van der Waals surface area contributed by atoms with E-state index in [1.165, 1.54) is 87.5 Å². The summed E-state index contributed by atoms with van der Waals surface area (Å²) in [5, 5.41) is 0. The van der Waals surface area contributed by atoms with Gasteiger partial charge in [-0.3, -0.25) is 0 Å². The third kappa shape index (κ3) is 5.77. The number of nitrogens with zero attached hydrogens (tertiary/aromatic N) is 2. The summed E-state index contributed by atoms with van der Waals surface area (Å²) in [7, 11) is 0. The summed E-state index contributed by atoms with van der Waals surface area (Å²) >= 11 is 0. The van der Waals surface area contributed by atoms with Crippen molar-refractivity contribution >= 4 is 28.3 Å². The van der Waals surface area contributed by atoms with Crippen molar-refractivity contribution in [3.05, 3.63) is 210 Å². The standard InChI is InChI=1S/C54H48N2/c1-3-13-37(14-4-1)39-25-29-45(30-26-39)55-51-23-9-7-21-47(51)49-35-43(27-31-53(49)55)40-17-11-18-41(33-40)44-28-32-54-50(36-44)48-22-8-10-24-52(48)56(54)46-20-12-19-42(34-46)38-15-5-2-6-16-38/h1-3,5-10,12-13,15-16,19-32,34-35,40-41,49-50,53H,4,11,14,17-18,33,36H2. The molecule has 5 aromatic rings. The summed E-state index contributed by atoms with van der Waals surface area (Å²) in [6, 6.07) is 47.8. The highest BCUT2D eigenvalue weighted by molar-refractivity contribution is 5.82. The largest absolute Gasteiger partial charge is 0.333 e. The van der Waals surface area contributed by atoms with E-state index in [9.17, 15) is 0 Å². The molecule has 0 N–H and O–H groups in total. The molecule has 0 spiro atoms. The smallest absolute Gasteiger partial charge is 0.0629 e. The maximum atomic E-state index is 2.66. The zero-order chi connectivity index (χ0) is 37.0. The average molecular weight is 725 g/mol. The molecular formula is C54H48N2. The van der Waals surface area contributed by atoms with Gasteiger partial charge in [-0.2, -0.15) is 0 Å². The van der Waals surface area contributed by atoms with Crippen LogP contribution < -0.4 is 9.80 Å². The van der Waals surface area contributed by atoms with Crippen molar-refractivity contribution < 1.29 is 0 Å². The Bertz CT molecular complexity index is 2490. The lowest BCUT2D eigenvalue weighted by molar-refractivity contribution is 0.323. The van der Waals surface area contributed by atoms with Gasteiger partial charge in [-0.05, 0) is 132 Å². The van der Waals surface area contributed by atoms with E-state index in [-0.39, 0.29) is 0 Å². The number of hydrogen-bond acceptors (Lipinski definition) is 2. The Morgan fingerprint density at radius 1 is 0.607 bits per heavy atom. The van der Waals surface area contributed by atoms with Crippen LogP contribution in [0.25, 0.3) is 16.7 Å². The van der Waals surface area contributed by atoms with Crippen LogP contribution in [0.2, 0.25) is 0 Å². The van der Waals surface area contributed by atoms with Gasteiger partial charge in [0.25, 0.3) is 0 Å². The number of hydrogen-bond donors (Lipinski definition) is 0. The molecule has 0 radical (unpaired) electrons. The first-order valence-electron chi connectivity index (χ1n) is 21.0. The predicted octanol–water partition coefficient (Wildman–Crippen LogP) is 14.1. The van der Waals surface area contributed by atoms with Crippen molar-refractivity contribution in [2.24, 2.45) is 11.8 Å². The third-order valence-electron chi connectivity index (χ3n) is 13.6. The van der Waals surface area contributed by atoms with E-state index in [2.05, 4.69) is 186 Å². The molecule has 0 aromatic heterocycles. The van der Waals surface area contributed by atoms with Gasteiger partial charge in [0.05, 0.1) is 6.04 Å². The van der Waals surface area contributed by atoms with Crippen LogP contribution in [0.4, 0.5) is 22.7 Å². The number of benzene rings is 5. The Morgan fingerprint density at radius 3 is 2.25 bits per heavy atom. The second-order valence-corrected chi connectivity index (χ2v) is 16.6. The van der Waals surface area contributed by atoms with E-state index >= 15 is 0 Å². The van der Waals surface area contributed by atoms with Crippen LogP contribution in [0, 0.1) is 11.8 Å². The number of rotatable bonds is 6. The van der Waals surface area contributed by atoms with Gasteiger partial charge in [-0.15, -0.1) is 0 Å². The van der Waals surface area contributed by atoms with Crippen molar-refractivity contribution in [2.75, 3.05) is 9.80 Å². The highest BCUT2D eigenvalue weighted by Crippen LogP contribution is 2.55. The summed E-state index contributed by atoms with van der Waals surface area (Å²) in [6.07, 6.45) is 27.9. The van der Waals surface area contributed by atoms with Crippen molar-refractivity contribution in [1.82, 2.24) is 0 Å². The topological polar surface area (TPSA) is 6.48 Å². The first-order chi connectivity index (χ1) is 27.8. The fourth-order valence-electron chi connectivity index (χ4n) is 10.8. The average Bonchev–Trinajstić information content (AvgIpc) is 3.79. The second-order valence-electron chi connectivity index (χ2n) is 16.6. The highest BCUT2D eigenvalue weighted by Gasteiger charge is 2.41. The summed E-state index contributed by atoms with van der Waals surface area (Å²) in [5.74, 6) is 2.00. The van der Waals surface area contributed by atoms with Crippen LogP contribution in [-0.4, -0.2) is 6.04 Å². The van der Waals surface area contributed by atoms with Crippen LogP contribution in [-0.2, 0) is 0 Å². The van der Waals surface area contributed by atoms with Crippen molar-refractivity contribution in [3.8, 4) is 11.1 Å². The lowest BCUT2D eigenvalue weighted by Crippen LogP contribution is -2.30. The zero-order valence-electron chi connectivity index (χ0n) is 32.0. The van der Waals surface area contributed by atoms with E-state index in [4.69, 9.17) is 0 Å². The highest BCUT2D eigenvalue weighted by atomic mass is 15.2. The molecule has 56 heavy (non-hydrogen) atoms. The molecule has 4 aliphatic carbocycles. The molecule has 6 aliphatic rings. The minimum absolute atomic E-state index is 0.307. The molecule has 2 heterocycles. The fraction of sp³-hybridized carbons (Fsp3) is 0.222. The molecule has 0 bridgehead atoms. The Hall–Kier alpha value is -5.86. The molecule has 274 valence electrons. The van der Waals surface area contributed by atoms with Gasteiger partial charge in [0, 0.05) is 40.3 Å². The molecular weight excluding hydrogens is 677 g/mol. The molecule has 2 heteroatoms. The summed E-state index contributed by atoms with van der Waals surface area (Å²) in [5.41, 5.74) is 18.1. The number of anilines is 4. The lowest BCUT2D eigenvalue weighted by atomic mass is 9.70. The molecule has 5 aromatic carbocycles. The molecule has 5 atom stereocenters. The molecule has 5 unspecified atom stereocenters. The molecule has 11 rings (SSSR count). The minimum atomic E-state index is 0.307. The minimum Gasteiger partial charge on any atom is -0.333 e. The molecule has 0 saturated heterocycles. The van der Waals surface area contributed by atoms with Crippen molar-refractivity contribution in [1.29, 1.82) is 0 Å². The van der Waals surface area contributed by atoms with Crippen LogP contribution >= 0.6 is 0 Å². The Kier molecular flexibility index (Phi) is 8.38. The van der Waals surface area contributed by atoms with Crippen LogP contribution in [0.3, 0.4) is 0 Å². The van der Waals surface area contributed by atoms with E-state index < -0.39 is 0 Å². The van der Waals surface area contributed by atoms with Gasteiger partial charge in [-0.1, -0.05) is 146 Å². The SMILES string of the molecule is C1=CCCC(c2ccc(N3c4ccccc4C4C=C(C5CCCC(C6=CC=C7C(C6)c6ccccc6N7c6cccc(-c7ccccc7)c6)C5)C=CC43)cc2)=C1. The Labute approximate surface area is 332 Å². The van der Waals surface area contributed by atoms with E-state index in [0.717, 1.165) is 19.3 Å². The van der Waals surface area contributed by atoms with Gasteiger partial charge in [0.2, 0.25) is 0 Å². The fourth-order valence-corrected chi connectivity index (χ4v) is 10.8. The van der Waals surface area contributed by atoms with Crippen molar-refractivity contribution in [2.45, 2.75) is 62.8 Å². The maximum Gasteiger partial charge on any atom is 0.0629 e. The predicted molar refractivity (Wildman–Crippen MR) is 235 cm³/mol. The van der Waals surface area contributed by atoms with Gasteiger partial charge >= 0.3 is 0 Å². The molecule has 1 saturated carbocycles. The first kappa shape index (κ1) is 33.5. The lowest BCUT2D eigenvalue weighted by Gasteiger charge is -2.36. The molecule has 2 nitrogen and oxygen atoms in total. The number of allylic oxidation sites excluding steroid dienone is 10. The van der Waals surface area contributed by atoms with E-state index in [1.54, 1.807) is 11.1 Å². The summed E-state index contributed by atoms with van der Waals surface area (Å²) in [6.45, 7) is 0. The second kappa shape index (κ2) is 14.0. The summed E-state index contributed by atoms with van der Waals surface area (Å²) < 4.78 is 0. The number of para-hydroxylation sites is 2. The van der Waals surface area contributed by atoms with Gasteiger partial charge in [0.1, 0.15) is 0 Å². The monoisotopic (exact) mass is 724 g/mol. The van der Waals surface area contributed by atoms with Gasteiger partial charge in [-0.25, -0.2) is 0 Å². The quantitative estimate of drug-likeness (QED) is 0.172. The molecule has 1 fully saturated rings. The van der Waals surface area contributed by atoms with E-state index in [0.29, 0.717) is 29.7 Å². The van der Waals surface area contributed by atoms with Gasteiger partial charge in [0.15, 0.2) is 0 Å². The normalized spacial score (nSPS) is 24.7. The molecule has 0 amide bonds.